The molecule has 1 N–H and O–H groups in total. The van der Waals surface area contributed by atoms with Gasteiger partial charge >= 0.3 is 0 Å². The maximum Gasteiger partial charge on any atom is 0.0856 e. The van der Waals surface area contributed by atoms with Crippen LogP contribution in [0.25, 0.3) is 0 Å². The zero-order valence-corrected chi connectivity index (χ0v) is 5.72. The lowest BCUT2D eigenvalue weighted by Gasteiger charge is -2.07. The Morgan fingerprint density at radius 1 is 1.78 bits per heavy atom. The molecule has 0 rings (SSSR count). The van der Waals surface area contributed by atoms with Crippen LogP contribution in [0.15, 0.2) is 30.0 Å². The van der Waals surface area contributed by atoms with E-state index in [0.717, 1.165) is 5.70 Å². The van der Waals surface area contributed by atoms with Gasteiger partial charge in [-0.3, -0.25) is 4.99 Å². The van der Waals surface area contributed by atoms with E-state index in [1.54, 1.807) is 6.20 Å². The van der Waals surface area contributed by atoms with Crippen molar-refractivity contribution in [3.63, 3.8) is 0 Å². The Hall–Kier alpha value is -1.05. The summed E-state index contributed by atoms with van der Waals surface area (Å²) in [4.78, 5) is 3.75. The second kappa shape index (κ2) is 3.89. The molecule has 1 atom stereocenters. The molecule has 0 aliphatic heterocycles. The van der Waals surface area contributed by atoms with Crippen molar-refractivity contribution in [1.29, 1.82) is 0 Å². The monoisotopic (exact) mass is 124 g/mol. The zero-order chi connectivity index (χ0) is 7.28. The molecule has 0 fully saturated rings. The topological polar surface area (TPSA) is 24.4 Å². The molecule has 2 nitrogen and oxygen atoms in total. The lowest BCUT2D eigenvalue weighted by Crippen LogP contribution is -2.13. The summed E-state index contributed by atoms with van der Waals surface area (Å²) >= 11 is 0. The molecule has 2 heteroatoms. The summed E-state index contributed by atoms with van der Waals surface area (Å²) in [5.41, 5.74) is 0.819. The Kier molecular flexibility index (Phi) is 3.44. The molecule has 0 aliphatic carbocycles. The molecule has 0 aromatic heterocycles. The second-order valence-corrected chi connectivity index (χ2v) is 1.73. The normalized spacial score (nSPS) is 11.7. The molecule has 0 aromatic rings. The van der Waals surface area contributed by atoms with E-state index < -0.39 is 0 Å². The molecule has 0 bridgehead atoms. The van der Waals surface area contributed by atoms with Crippen molar-refractivity contribution in [1.82, 2.24) is 5.32 Å². The Balaban J connectivity index is 3.71. The predicted molar refractivity (Wildman–Crippen MR) is 41.5 cm³/mol. The summed E-state index contributed by atoms with van der Waals surface area (Å²) in [6.07, 6.45) is 1.57. The molecule has 0 aromatic carbocycles. The molecule has 0 amide bonds. The van der Waals surface area contributed by atoms with E-state index in [0.29, 0.717) is 0 Å². The van der Waals surface area contributed by atoms with Crippen LogP contribution in [0, 0.1) is 0 Å². The molecule has 0 saturated carbocycles. The lowest BCUT2D eigenvalue weighted by atomic mass is 10.3. The average molecular weight is 124 g/mol. The number of rotatable bonds is 4. The van der Waals surface area contributed by atoms with E-state index >= 15 is 0 Å². The smallest absolute Gasteiger partial charge is 0.0856 e. The highest BCUT2D eigenvalue weighted by atomic mass is 14.9. The quantitative estimate of drug-likeness (QED) is 0.562. The van der Waals surface area contributed by atoms with E-state index in [1.165, 1.54) is 0 Å². The van der Waals surface area contributed by atoms with Crippen LogP contribution in [0.5, 0.6) is 0 Å². The molecular weight excluding hydrogens is 112 g/mol. The van der Waals surface area contributed by atoms with Crippen LogP contribution < -0.4 is 5.32 Å². The molecule has 0 heterocycles. The van der Waals surface area contributed by atoms with Gasteiger partial charge < -0.3 is 5.32 Å². The number of hydrogen-bond donors (Lipinski definition) is 1. The largest absolute Gasteiger partial charge is 0.364 e. The fraction of sp³-hybridized carbons (Fsp3) is 0.286. The van der Waals surface area contributed by atoms with Crippen LogP contribution in [0.4, 0.5) is 0 Å². The van der Waals surface area contributed by atoms with E-state index in [-0.39, 0.29) is 6.04 Å². The first-order chi connectivity index (χ1) is 4.22. The van der Waals surface area contributed by atoms with Crippen molar-refractivity contribution in [2.24, 2.45) is 4.99 Å². The van der Waals surface area contributed by atoms with Gasteiger partial charge in [0, 0.05) is 5.70 Å². The van der Waals surface area contributed by atoms with Gasteiger partial charge in [0.2, 0.25) is 0 Å². The highest BCUT2D eigenvalue weighted by Gasteiger charge is 1.97. The van der Waals surface area contributed by atoms with Crippen LogP contribution in [-0.4, -0.2) is 12.8 Å². The van der Waals surface area contributed by atoms with Crippen molar-refractivity contribution >= 4 is 6.72 Å². The van der Waals surface area contributed by atoms with Crippen LogP contribution in [0.3, 0.4) is 0 Å². The van der Waals surface area contributed by atoms with Crippen LogP contribution in [0.2, 0.25) is 0 Å². The summed E-state index contributed by atoms with van der Waals surface area (Å²) in [7, 11) is 0. The van der Waals surface area contributed by atoms with Gasteiger partial charge in [-0.15, -0.1) is 0 Å². The highest BCUT2D eigenvalue weighted by molar-refractivity contribution is 5.26. The van der Waals surface area contributed by atoms with Crippen molar-refractivity contribution in [2.75, 3.05) is 0 Å². The Morgan fingerprint density at radius 2 is 2.33 bits per heavy atom. The maximum absolute atomic E-state index is 3.75. The molecule has 0 unspecified atom stereocenters. The van der Waals surface area contributed by atoms with Gasteiger partial charge in [-0.05, 0) is 19.8 Å². The van der Waals surface area contributed by atoms with Crippen LogP contribution in [0.1, 0.15) is 6.92 Å². The van der Waals surface area contributed by atoms with Gasteiger partial charge in [-0.25, -0.2) is 0 Å². The number of aliphatic imine (C=N–C) groups is 1. The summed E-state index contributed by atoms with van der Waals surface area (Å²) in [5, 5.41) is 2.83. The van der Waals surface area contributed by atoms with Crippen LogP contribution >= 0.6 is 0 Å². The molecule has 0 spiro atoms. The van der Waals surface area contributed by atoms with Gasteiger partial charge in [0.15, 0.2) is 0 Å². The van der Waals surface area contributed by atoms with E-state index in [2.05, 4.69) is 30.2 Å². The first kappa shape index (κ1) is 7.95. The van der Waals surface area contributed by atoms with Gasteiger partial charge in [0.1, 0.15) is 0 Å². The molecule has 0 radical (unpaired) electrons. The number of nitrogens with one attached hydrogen (secondary N) is 1. The first-order valence-electron chi connectivity index (χ1n) is 2.74. The van der Waals surface area contributed by atoms with Crippen molar-refractivity contribution in [3.8, 4) is 0 Å². The molecule has 0 aliphatic rings. The summed E-state index contributed by atoms with van der Waals surface area (Å²) in [6.45, 7) is 12.5. The highest BCUT2D eigenvalue weighted by Crippen LogP contribution is 1.96. The average Bonchev–Trinajstić information content (AvgIpc) is 1.87. The predicted octanol–water partition coefficient (Wildman–Crippen LogP) is 1.32. The van der Waals surface area contributed by atoms with Gasteiger partial charge in [0.25, 0.3) is 0 Å². The van der Waals surface area contributed by atoms with Gasteiger partial charge in [-0.2, -0.15) is 0 Å². The minimum atomic E-state index is 0.0583. The van der Waals surface area contributed by atoms with Crippen LogP contribution in [-0.2, 0) is 0 Å². The standard InChI is InChI=1S/C7H12N2/c1-5-9-7(3)6(2)8-4/h5-6,9H,1,3-4H2,2H3/t6-/m0/s1. The number of nitrogens with zero attached hydrogens (tertiary/aromatic N) is 1. The van der Waals surface area contributed by atoms with Crippen molar-refractivity contribution in [3.05, 3.63) is 25.1 Å². The third-order valence-electron chi connectivity index (χ3n) is 1.07. The third kappa shape index (κ3) is 2.69. The Bertz CT molecular complexity index is 127. The van der Waals surface area contributed by atoms with E-state index in [4.69, 9.17) is 0 Å². The van der Waals surface area contributed by atoms with E-state index in [9.17, 15) is 0 Å². The SMILES string of the molecule is C=CNC(=C)[C@H](C)N=C. The third-order valence-corrected chi connectivity index (χ3v) is 1.07. The summed E-state index contributed by atoms with van der Waals surface area (Å²) in [6, 6.07) is 0.0583. The zero-order valence-electron chi connectivity index (χ0n) is 5.72. The minimum absolute atomic E-state index is 0.0583. The molecular formula is C7H12N2. The first-order valence-corrected chi connectivity index (χ1v) is 2.74. The lowest BCUT2D eigenvalue weighted by molar-refractivity contribution is 0.807. The maximum atomic E-state index is 3.75. The minimum Gasteiger partial charge on any atom is -0.364 e. The Morgan fingerprint density at radius 3 is 2.67 bits per heavy atom. The fourth-order valence-electron chi connectivity index (χ4n) is 0.362. The Labute approximate surface area is 56.0 Å². The van der Waals surface area contributed by atoms with Crippen molar-refractivity contribution < 1.29 is 0 Å². The van der Waals surface area contributed by atoms with E-state index in [1.807, 2.05) is 6.92 Å². The van der Waals surface area contributed by atoms with Crippen molar-refractivity contribution in [2.45, 2.75) is 13.0 Å². The summed E-state index contributed by atoms with van der Waals surface area (Å²) < 4.78 is 0. The fourth-order valence-corrected chi connectivity index (χ4v) is 0.362. The molecule has 9 heavy (non-hydrogen) atoms. The summed E-state index contributed by atoms with van der Waals surface area (Å²) in [5.74, 6) is 0. The number of hydrogen-bond acceptors (Lipinski definition) is 2. The molecule has 0 saturated heterocycles. The van der Waals surface area contributed by atoms with Gasteiger partial charge in [-0.1, -0.05) is 13.2 Å². The van der Waals surface area contributed by atoms with Gasteiger partial charge in [0.05, 0.1) is 6.04 Å². The molecule has 50 valence electrons. The second-order valence-electron chi connectivity index (χ2n) is 1.73.